The molecule has 4 aromatic rings. The fraction of sp³-hybridized carbons (Fsp3) is 0.333. The summed E-state index contributed by atoms with van der Waals surface area (Å²) in [5.41, 5.74) is 0.985. The number of nitrogens with one attached hydrogen (secondary N) is 2. The van der Waals surface area contributed by atoms with E-state index < -0.39 is 41.4 Å². The monoisotopic (exact) mass is 781 g/mol. The third-order valence-corrected chi connectivity index (χ3v) is 11.2. The van der Waals surface area contributed by atoms with Crippen LogP contribution in [-0.4, -0.2) is 84.0 Å². The molecule has 4 aliphatic heterocycles. The van der Waals surface area contributed by atoms with Gasteiger partial charge in [0.15, 0.2) is 0 Å². The number of rotatable bonds is 9. The summed E-state index contributed by atoms with van der Waals surface area (Å²) < 4.78 is 44.7. The van der Waals surface area contributed by atoms with E-state index in [4.69, 9.17) is 4.74 Å². The van der Waals surface area contributed by atoms with E-state index in [2.05, 4.69) is 15.5 Å². The molecule has 294 valence electrons. The first-order valence-electron chi connectivity index (χ1n) is 18.9. The second-order valence-electron chi connectivity index (χ2n) is 15.0. The lowest BCUT2D eigenvalue weighted by molar-refractivity contribution is -0.138. The predicted molar refractivity (Wildman–Crippen MR) is 201 cm³/mol. The number of hydrogen-bond donors (Lipinski definition) is 2. The lowest BCUT2D eigenvalue weighted by Gasteiger charge is -2.39. The first-order valence-corrected chi connectivity index (χ1v) is 18.9. The summed E-state index contributed by atoms with van der Waals surface area (Å²) >= 11 is 0. The molecule has 0 aromatic heterocycles. The van der Waals surface area contributed by atoms with Gasteiger partial charge in [-0.2, -0.15) is 13.2 Å². The minimum Gasteiger partial charge on any atom is -0.457 e. The van der Waals surface area contributed by atoms with Gasteiger partial charge in [-0.05, 0) is 97.3 Å². The van der Waals surface area contributed by atoms with E-state index in [9.17, 15) is 41.9 Å². The van der Waals surface area contributed by atoms with Gasteiger partial charge < -0.3 is 19.9 Å². The van der Waals surface area contributed by atoms with Crippen LogP contribution in [0, 0.1) is 11.8 Å². The van der Waals surface area contributed by atoms with Crippen molar-refractivity contribution in [2.45, 2.75) is 44.3 Å². The molecule has 6 amide bonds. The van der Waals surface area contributed by atoms with Gasteiger partial charge in [-0.3, -0.25) is 39.0 Å². The molecule has 3 fully saturated rings. The van der Waals surface area contributed by atoms with Gasteiger partial charge >= 0.3 is 6.18 Å². The Morgan fingerprint density at radius 1 is 0.825 bits per heavy atom. The number of carbonyl (C=O) groups excluding carboxylic acids is 6. The number of hydrogen-bond acceptors (Lipinski definition) is 8. The standard InChI is InChI=1S/C42H38F3N5O7/c43-42(44,45)28-5-8-30(9-6-28)57-35-3-1-2-26-19-27(4-10-31(26)35)39(54)49-22-25(23-49)21-46-37(52)18-24-14-16-48(17-15-24)29-7-11-32-33(20-29)41(56)50(40(32)55)34-12-13-36(51)47-38(34)53/h1-11,19-20,24-25,34H,12-18,21-23H2,(H,46,52)(H,47,51,53). The highest BCUT2D eigenvalue weighted by Gasteiger charge is 2.45. The SMILES string of the molecule is O=C(CC1CCN(c2ccc3c(c2)C(=O)N(C2CCC(=O)NC2=O)C3=O)CC1)NCC1CN(C(=O)c2ccc3c(Oc4ccc(C(F)(F)F)cc4)cccc3c2)C1. The summed E-state index contributed by atoms with van der Waals surface area (Å²) in [6.07, 6.45) is -2.39. The largest absolute Gasteiger partial charge is 0.457 e. The summed E-state index contributed by atoms with van der Waals surface area (Å²) in [6.45, 7) is 2.80. The van der Waals surface area contributed by atoms with Gasteiger partial charge in [-0.15, -0.1) is 0 Å². The van der Waals surface area contributed by atoms with Crippen LogP contribution >= 0.6 is 0 Å². The van der Waals surface area contributed by atoms with E-state index in [0.717, 1.165) is 40.9 Å². The number of anilines is 1. The Balaban J connectivity index is 0.777. The molecule has 0 bridgehead atoms. The van der Waals surface area contributed by atoms with Crippen molar-refractivity contribution in [1.29, 1.82) is 0 Å². The minimum atomic E-state index is -4.44. The number of likely N-dealkylation sites (tertiary alicyclic amines) is 1. The maximum absolute atomic E-state index is 13.3. The number of imide groups is 2. The van der Waals surface area contributed by atoms with Gasteiger partial charge in [0.05, 0.1) is 16.7 Å². The lowest BCUT2D eigenvalue weighted by Crippen LogP contribution is -2.54. The molecule has 0 saturated carbocycles. The average Bonchev–Trinajstić information content (AvgIpc) is 3.42. The Labute approximate surface area is 324 Å². The molecule has 0 spiro atoms. The average molecular weight is 782 g/mol. The van der Waals surface area contributed by atoms with E-state index in [1.54, 1.807) is 53.4 Å². The number of amides is 6. The maximum Gasteiger partial charge on any atom is 0.416 e. The Bertz CT molecular complexity index is 2300. The molecule has 0 aliphatic carbocycles. The summed E-state index contributed by atoms with van der Waals surface area (Å²) in [4.78, 5) is 81.2. The van der Waals surface area contributed by atoms with Crippen molar-refractivity contribution in [3.8, 4) is 11.5 Å². The van der Waals surface area contributed by atoms with Crippen LogP contribution in [0.2, 0.25) is 0 Å². The first kappa shape index (κ1) is 37.7. The molecule has 8 rings (SSSR count). The molecule has 2 N–H and O–H groups in total. The number of halogens is 3. The third kappa shape index (κ3) is 7.65. The highest BCUT2D eigenvalue weighted by atomic mass is 19.4. The highest BCUT2D eigenvalue weighted by Crippen LogP contribution is 2.35. The molecule has 57 heavy (non-hydrogen) atoms. The molecule has 4 aliphatic rings. The minimum absolute atomic E-state index is 0.0442. The van der Waals surface area contributed by atoms with E-state index in [1.165, 1.54) is 12.1 Å². The van der Waals surface area contributed by atoms with E-state index in [-0.39, 0.29) is 53.4 Å². The van der Waals surface area contributed by atoms with Gasteiger partial charge in [0.25, 0.3) is 17.7 Å². The number of alkyl halides is 3. The number of ether oxygens (including phenoxy) is 1. The molecule has 1 unspecified atom stereocenters. The van der Waals surface area contributed by atoms with Crippen LogP contribution in [-0.2, 0) is 20.6 Å². The zero-order valence-electron chi connectivity index (χ0n) is 30.6. The van der Waals surface area contributed by atoms with Crippen LogP contribution < -0.4 is 20.3 Å². The number of nitrogens with zero attached hydrogens (tertiary/aromatic N) is 3. The lowest BCUT2D eigenvalue weighted by atomic mass is 9.92. The molecular formula is C42H38F3N5O7. The van der Waals surface area contributed by atoms with Gasteiger partial charge in [0, 0.05) is 68.1 Å². The van der Waals surface area contributed by atoms with Crippen LogP contribution in [0.1, 0.15) is 68.7 Å². The topological polar surface area (TPSA) is 145 Å². The molecule has 0 radical (unpaired) electrons. The van der Waals surface area contributed by atoms with E-state index in [0.29, 0.717) is 55.8 Å². The van der Waals surface area contributed by atoms with Crippen molar-refractivity contribution >= 4 is 51.9 Å². The number of fused-ring (bicyclic) bond motifs is 2. The van der Waals surface area contributed by atoms with E-state index >= 15 is 0 Å². The molecule has 15 heteroatoms. The van der Waals surface area contributed by atoms with Gasteiger partial charge in [-0.1, -0.05) is 12.1 Å². The molecular weight excluding hydrogens is 743 g/mol. The molecule has 1 atom stereocenters. The zero-order valence-corrected chi connectivity index (χ0v) is 30.6. The van der Waals surface area contributed by atoms with Crippen LogP contribution in [0.15, 0.2) is 78.9 Å². The van der Waals surface area contributed by atoms with Crippen molar-refractivity contribution in [2.24, 2.45) is 11.8 Å². The van der Waals surface area contributed by atoms with Crippen molar-refractivity contribution < 1.29 is 46.7 Å². The number of benzene rings is 4. The van der Waals surface area contributed by atoms with Crippen molar-refractivity contribution in [3.05, 3.63) is 101 Å². The van der Waals surface area contributed by atoms with Crippen molar-refractivity contribution in [1.82, 2.24) is 20.4 Å². The van der Waals surface area contributed by atoms with Crippen LogP contribution in [0.5, 0.6) is 11.5 Å². The molecule has 3 saturated heterocycles. The number of piperidine rings is 2. The van der Waals surface area contributed by atoms with Gasteiger partial charge in [-0.25, -0.2) is 0 Å². The summed E-state index contributed by atoms with van der Waals surface area (Å²) in [5.74, 6) is -1.33. The maximum atomic E-state index is 13.3. The third-order valence-electron chi connectivity index (χ3n) is 11.2. The van der Waals surface area contributed by atoms with Crippen molar-refractivity contribution in [2.75, 3.05) is 37.6 Å². The molecule has 4 heterocycles. The van der Waals surface area contributed by atoms with Crippen LogP contribution in [0.4, 0.5) is 18.9 Å². The zero-order chi connectivity index (χ0) is 40.0. The van der Waals surface area contributed by atoms with Crippen LogP contribution in [0.25, 0.3) is 10.8 Å². The normalized spacial score (nSPS) is 19.1. The molecule has 4 aromatic carbocycles. The van der Waals surface area contributed by atoms with Gasteiger partial charge in [0.2, 0.25) is 17.7 Å². The second kappa shape index (κ2) is 15.0. The fourth-order valence-corrected chi connectivity index (χ4v) is 8.01. The smallest absolute Gasteiger partial charge is 0.416 e. The summed E-state index contributed by atoms with van der Waals surface area (Å²) in [7, 11) is 0. The number of carbonyl (C=O) groups is 6. The highest BCUT2D eigenvalue weighted by molar-refractivity contribution is 6.23. The van der Waals surface area contributed by atoms with Crippen molar-refractivity contribution in [3.63, 3.8) is 0 Å². The summed E-state index contributed by atoms with van der Waals surface area (Å²) in [5, 5.41) is 6.69. The molecule has 12 nitrogen and oxygen atoms in total. The Morgan fingerprint density at radius 2 is 1.56 bits per heavy atom. The summed E-state index contributed by atoms with van der Waals surface area (Å²) in [6, 6.07) is 19.1. The quantitative estimate of drug-likeness (QED) is 0.211. The van der Waals surface area contributed by atoms with Gasteiger partial charge in [0.1, 0.15) is 17.5 Å². The Hall–Kier alpha value is -6.25. The second-order valence-corrected chi connectivity index (χ2v) is 15.0. The first-order chi connectivity index (χ1) is 27.3. The predicted octanol–water partition coefficient (Wildman–Crippen LogP) is 5.55. The fourth-order valence-electron chi connectivity index (χ4n) is 8.01. The Kier molecular flexibility index (Phi) is 9.92. The Morgan fingerprint density at radius 3 is 2.28 bits per heavy atom. The van der Waals surface area contributed by atoms with Crippen LogP contribution in [0.3, 0.4) is 0 Å². The van der Waals surface area contributed by atoms with E-state index in [1.807, 2.05) is 6.07 Å².